The van der Waals surface area contributed by atoms with Crippen molar-refractivity contribution in [2.24, 2.45) is 0 Å². The minimum absolute atomic E-state index is 0.0890. The van der Waals surface area contributed by atoms with Crippen LogP contribution in [-0.2, 0) is 4.79 Å². The van der Waals surface area contributed by atoms with E-state index in [4.69, 9.17) is 33.0 Å². The van der Waals surface area contributed by atoms with Gasteiger partial charge in [0.15, 0.2) is 11.9 Å². The Balaban J connectivity index is 3.10. The molecule has 17 heavy (non-hydrogen) atoms. The third-order valence-electron chi connectivity index (χ3n) is 1.84. The van der Waals surface area contributed by atoms with Crippen molar-refractivity contribution in [3.63, 3.8) is 0 Å². The summed E-state index contributed by atoms with van der Waals surface area (Å²) in [5.74, 6) is -1.29. The Morgan fingerprint density at radius 3 is 2.29 bits per heavy atom. The van der Waals surface area contributed by atoms with E-state index >= 15 is 0 Å². The van der Waals surface area contributed by atoms with Gasteiger partial charge in [-0.25, -0.2) is 4.79 Å². The second-order valence-corrected chi connectivity index (χ2v) is 3.91. The van der Waals surface area contributed by atoms with Crippen LogP contribution in [0.2, 0.25) is 10.0 Å². The summed E-state index contributed by atoms with van der Waals surface area (Å²) in [4.78, 5) is 20.4. The molecule has 0 spiro atoms. The predicted molar refractivity (Wildman–Crippen MR) is 60.8 cm³/mol. The molecule has 1 atom stereocenters. The van der Waals surface area contributed by atoms with E-state index in [9.17, 15) is 14.9 Å². The van der Waals surface area contributed by atoms with Gasteiger partial charge in [0.05, 0.1) is 15.0 Å². The largest absolute Gasteiger partial charge is 0.479 e. The third kappa shape index (κ3) is 3.21. The maximum Gasteiger partial charge on any atom is 0.344 e. The average molecular weight is 280 g/mol. The number of benzene rings is 1. The van der Waals surface area contributed by atoms with Gasteiger partial charge in [-0.15, -0.1) is 0 Å². The number of non-ortho nitro benzene ring substituents is 1. The summed E-state index contributed by atoms with van der Waals surface area (Å²) >= 11 is 11.4. The third-order valence-corrected chi connectivity index (χ3v) is 2.40. The summed E-state index contributed by atoms with van der Waals surface area (Å²) in [7, 11) is 0. The monoisotopic (exact) mass is 279 g/mol. The molecule has 6 nitrogen and oxygen atoms in total. The summed E-state index contributed by atoms with van der Waals surface area (Å²) in [6.07, 6.45) is -1.16. The van der Waals surface area contributed by atoms with Gasteiger partial charge in [-0.2, -0.15) is 0 Å². The number of nitrogens with zero attached hydrogens (tertiary/aromatic N) is 1. The molecule has 0 aromatic heterocycles. The Morgan fingerprint density at radius 1 is 1.47 bits per heavy atom. The van der Waals surface area contributed by atoms with E-state index in [-0.39, 0.29) is 21.5 Å². The summed E-state index contributed by atoms with van der Waals surface area (Å²) in [6, 6.07) is 2.08. The zero-order valence-corrected chi connectivity index (χ0v) is 10.0. The van der Waals surface area contributed by atoms with Crippen molar-refractivity contribution >= 4 is 34.9 Å². The molecule has 0 bridgehead atoms. The van der Waals surface area contributed by atoms with Gasteiger partial charge in [-0.1, -0.05) is 23.2 Å². The number of aliphatic carboxylic acids is 1. The predicted octanol–water partition coefficient (Wildman–Crippen LogP) is 2.75. The van der Waals surface area contributed by atoms with Crippen molar-refractivity contribution in [2.75, 3.05) is 0 Å². The minimum atomic E-state index is -1.20. The molecule has 1 rings (SSSR count). The number of carboxylic acid groups (broad SMARTS) is 1. The number of carbonyl (C=O) groups is 1. The summed E-state index contributed by atoms with van der Waals surface area (Å²) in [6.45, 7) is 1.29. The SMILES string of the molecule is CC(Oc1c(Cl)cc([N+](=O)[O-])cc1Cl)C(=O)O. The van der Waals surface area contributed by atoms with Crippen LogP contribution in [0.3, 0.4) is 0 Å². The molecular formula is C9H7Cl2NO5. The van der Waals surface area contributed by atoms with Crippen LogP contribution in [0.5, 0.6) is 5.75 Å². The molecule has 1 unspecified atom stereocenters. The number of hydrogen-bond donors (Lipinski definition) is 1. The molecule has 0 saturated carbocycles. The molecule has 1 N–H and O–H groups in total. The van der Waals surface area contributed by atoms with Crippen molar-refractivity contribution < 1.29 is 19.6 Å². The number of nitro groups is 1. The van der Waals surface area contributed by atoms with Crippen LogP contribution in [0.4, 0.5) is 5.69 Å². The summed E-state index contributed by atoms with van der Waals surface area (Å²) in [5.41, 5.74) is -0.296. The highest BCUT2D eigenvalue weighted by atomic mass is 35.5. The zero-order valence-electron chi connectivity index (χ0n) is 8.52. The van der Waals surface area contributed by atoms with Crippen LogP contribution < -0.4 is 4.74 Å². The average Bonchev–Trinajstić information content (AvgIpc) is 2.22. The Bertz CT molecular complexity index is 453. The lowest BCUT2D eigenvalue weighted by molar-refractivity contribution is -0.384. The van der Waals surface area contributed by atoms with Crippen molar-refractivity contribution in [3.05, 3.63) is 32.3 Å². The topological polar surface area (TPSA) is 89.7 Å². The van der Waals surface area contributed by atoms with Crippen LogP contribution in [0.15, 0.2) is 12.1 Å². The number of rotatable bonds is 4. The zero-order chi connectivity index (χ0) is 13.2. The van der Waals surface area contributed by atoms with Gasteiger partial charge >= 0.3 is 5.97 Å². The molecule has 0 heterocycles. The first-order valence-electron chi connectivity index (χ1n) is 4.36. The first kappa shape index (κ1) is 13.5. The molecule has 0 radical (unpaired) electrons. The van der Waals surface area contributed by atoms with Crippen LogP contribution in [-0.4, -0.2) is 22.1 Å². The smallest absolute Gasteiger partial charge is 0.344 e. The number of halogens is 2. The van der Waals surface area contributed by atoms with Crippen LogP contribution in [0.1, 0.15) is 6.92 Å². The number of carboxylic acids is 1. The standard InChI is InChI=1S/C9H7Cl2NO5/c1-4(9(13)14)17-8-6(10)2-5(12(15)16)3-7(8)11/h2-4H,1H3,(H,13,14). The van der Waals surface area contributed by atoms with E-state index < -0.39 is 17.0 Å². The number of ether oxygens (including phenoxy) is 1. The fourth-order valence-electron chi connectivity index (χ4n) is 0.992. The first-order valence-corrected chi connectivity index (χ1v) is 5.11. The second-order valence-electron chi connectivity index (χ2n) is 3.09. The molecule has 1 aromatic carbocycles. The Labute approximate surface area is 106 Å². The van der Waals surface area contributed by atoms with Crippen molar-refractivity contribution in [2.45, 2.75) is 13.0 Å². The first-order chi connectivity index (χ1) is 7.82. The van der Waals surface area contributed by atoms with Gasteiger partial charge < -0.3 is 9.84 Å². The maximum atomic E-state index is 10.6. The van der Waals surface area contributed by atoms with Crippen LogP contribution >= 0.6 is 23.2 Å². The van der Waals surface area contributed by atoms with Gasteiger partial charge in [0.2, 0.25) is 0 Å². The molecule has 0 amide bonds. The van der Waals surface area contributed by atoms with E-state index in [0.29, 0.717) is 0 Å². The Morgan fingerprint density at radius 2 is 1.94 bits per heavy atom. The Hall–Kier alpha value is -1.53. The van der Waals surface area contributed by atoms with E-state index in [1.54, 1.807) is 0 Å². The highest BCUT2D eigenvalue weighted by Gasteiger charge is 2.20. The molecule has 0 aliphatic carbocycles. The van der Waals surface area contributed by atoms with Crippen molar-refractivity contribution in [1.82, 2.24) is 0 Å². The van der Waals surface area contributed by atoms with Gasteiger partial charge in [0.25, 0.3) is 5.69 Å². The molecule has 0 aliphatic heterocycles. The van der Waals surface area contributed by atoms with E-state index in [1.165, 1.54) is 6.92 Å². The fraction of sp³-hybridized carbons (Fsp3) is 0.222. The van der Waals surface area contributed by atoms with E-state index in [2.05, 4.69) is 0 Å². The minimum Gasteiger partial charge on any atom is -0.479 e. The van der Waals surface area contributed by atoms with Crippen LogP contribution in [0.25, 0.3) is 0 Å². The molecule has 0 aliphatic rings. The number of hydrogen-bond acceptors (Lipinski definition) is 4. The molecular weight excluding hydrogens is 273 g/mol. The van der Waals surface area contributed by atoms with Crippen molar-refractivity contribution in [1.29, 1.82) is 0 Å². The van der Waals surface area contributed by atoms with Gasteiger partial charge in [0, 0.05) is 12.1 Å². The second kappa shape index (κ2) is 5.20. The van der Waals surface area contributed by atoms with Crippen LogP contribution in [0, 0.1) is 10.1 Å². The Kier molecular flexibility index (Phi) is 4.14. The molecule has 92 valence electrons. The lowest BCUT2D eigenvalue weighted by Crippen LogP contribution is -2.23. The summed E-state index contributed by atoms with van der Waals surface area (Å²) < 4.78 is 4.99. The number of nitro benzene ring substituents is 1. The highest BCUT2D eigenvalue weighted by Crippen LogP contribution is 2.37. The van der Waals surface area contributed by atoms with Gasteiger partial charge in [-0.3, -0.25) is 10.1 Å². The molecule has 0 fully saturated rings. The summed E-state index contributed by atoms with van der Waals surface area (Å²) in [5, 5.41) is 18.9. The lowest BCUT2D eigenvalue weighted by Gasteiger charge is -2.12. The molecule has 1 aromatic rings. The lowest BCUT2D eigenvalue weighted by atomic mass is 10.3. The normalized spacial score (nSPS) is 11.9. The highest BCUT2D eigenvalue weighted by molar-refractivity contribution is 6.37. The van der Waals surface area contributed by atoms with Gasteiger partial charge in [-0.05, 0) is 6.92 Å². The fourth-order valence-corrected chi connectivity index (χ4v) is 1.56. The maximum absolute atomic E-state index is 10.6. The van der Waals surface area contributed by atoms with Gasteiger partial charge in [0.1, 0.15) is 0 Å². The quantitative estimate of drug-likeness (QED) is 0.676. The van der Waals surface area contributed by atoms with E-state index in [0.717, 1.165) is 12.1 Å². The van der Waals surface area contributed by atoms with Crippen molar-refractivity contribution in [3.8, 4) is 5.75 Å². The molecule has 0 saturated heterocycles. The van der Waals surface area contributed by atoms with E-state index in [1.807, 2.05) is 0 Å². The molecule has 8 heteroatoms.